The summed E-state index contributed by atoms with van der Waals surface area (Å²) in [6.07, 6.45) is 3.55. The van der Waals surface area contributed by atoms with Gasteiger partial charge in [-0.25, -0.2) is 4.79 Å². The van der Waals surface area contributed by atoms with Crippen LogP contribution in [0.15, 0.2) is 0 Å². The first-order valence-electron chi connectivity index (χ1n) is 5.08. The smallest absolute Gasteiger partial charge is 0.336 e. The molecule has 0 aromatic rings. The van der Waals surface area contributed by atoms with Crippen LogP contribution < -0.4 is 5.32 Å². The lowest BCUT2D eigenvalue weighted by Crippen LogP contribution is -2.46. The van der Waals surface area contributed by atoms with Gasteiger partial charge in [0, 0.05) is 13.1 Å². The highest BCUT2D eigenvalue weighted by Gasteiger charge is 2.40. The quantitative estimate of drug-likeness (QED) is 0.588. The van der Waals surface area contributed by atoms with Crippen LogP contribution in [-0.2, 0) is 4.79 Å². The fourth-order valence-corrected chi connectivity index (χ4v) is 1.48. The van der Waals surface area contributed by atoms with E-state index in [2.05, 4.69) is 12.2 Å². The van der Waals surface area contributed by atoms with Crippen LogP contribution in [-0.4, -0.2) is 34.9 Å². The zero-order valence-corrected chi connectivity index (χ0v) is 8.84. The van der Waals surface area contributed by atoms with Crippen LogP contribution in [0.1, 0.15) is 33.1 Å². The number of hydrogen-bond donors (Lipinski definition) is 3. The number of aliphatic carboxylic acids is 1. The van der Waals surface area contributed by atoms with Gasteiger partial charge in [0.1, 0.15) is 0 Å². The molecule has 0 aromatic carbocycles. The van der Waals surface area contributed by atoms with Crippen molar-refractivity contribution in [1.82, 2.24) is 5.32 Å². The molecule has 0 aliphatic heterocycles. The van der Waals surface area contributed by atoms with E-state index in [0.29, 0.717) is 5.41 Å². The molecule has 1 saturated carbocycles. The minimum atomic E-state index is -1.65. The third-order valence-electron chi connectivity index (χ3n) is 3.14. The second kappa shape index (κ2) is 3.87. The van der Waals surface area contributed by atoms with Crippen LogP contribution in [0.2, 0.25) is 0 Å². The van der Waals surface area contributed by atoms with Crippen LogP contribution in [0, 0.1) is 5.41 Å². The second-order valence-corrected chi connectivity index (χ2v) is 4.54. The third-order valence-corrected chi connectivity index (χ3v) is 3.14. The lowest BCUT2D eigenvalue weighted by Gasteiger charge is -2.20. The van der Waals surface area contributed by atoms with Gasteiger partial charge in [-0.3, -0.25) is 0 Å². The Kier molecular flexibility index (Phi) is 3.17. The maximum Gasteiger partial charge on any atom is 0.336 e. The predicted molar refractivity (Wildman–Crippen MR) is 53.1 cm³/mol. The molecule has 82 valence electrons. The van der Waals surface area contributed by atoms with E-state index < -0.39 is 11.6 Å². The molecule has 1 unspecified atom stereocenters. The van der Waals surface area contributed by atoms with Crippen molar-refractivity contribution in [1.29, 1.82) is 0 Å². The van der Waals surface area contributed by atoms with Crippen molar-refractivity contribution in [3.05, 3.63) is 0 Å². The highest BCUT2D eigenvalue weighted by molar-refractivity contribution is 5.76. The molecule has 1 atom stereocenters. The Labute approximate surface area is 84.3 Å². The standard InChI is InChI=1S/C10H19NO3/c1-3-10(4-5-10)7-11-6-9(2,14)8(12)13/h11,14H,3-7H2,1-2H3,(H,12,13). The lowest BCUT2D eigenvalue weighted by molar-refractivity contribution is -0.156. The summed E-state index contributed by atoms with van der Waals surface area (Å²) in [4.78, 5) is 10.6. The fourth-order valence-electron chi connectivity index (χ4n) is 1.48. The summed E-state index contributed by atoms with van der Waals surface area (Å²) in [7, 11) is 0. The molecule has 0 amide bonds. The maximum absolute atomic E-state index is 10.6. The Morgan fingerprint density at radius 1 is 1.57 bits per heavy atom. The van der Waals surface area contributed by atoms with Crippen molar-refractivity contribution in [3.63, 3.8) is 0 Å². The minimum absolute atomic E-state index is 0.115. The van der Waals surface area contributed by atoms with Crippen LogP contribution in [0.25, 0.3) is 0 Å². The Balaban J connectivity index is 2.24. The number of carboxylic acid groups (broad SMARTS) is 1. The average molecular weight is 201 g/mol. The predicted octanol–water partition coefficient (Wildman–Crippen LogP) is 0.602. The first-order valence-corrected chi connectivity index (χ1v) is 5.08. The largest absolute Gasteiger partial charge is 0.479 e. The van der Waals surface area contributed by atoms with Gasteiger partial charge in [0.05, 0.1) is 0 Å². The summed E-state index contributed by atoms with van der Waals surface area (Å²) in [5.74, 6) is -1.17. The number of hydrogen-bond acceptors (Lipinski definition) is 3. The van der Waals surface area contributed by atoms with Gasteiger partial charge >= 0.3 is 5.97 Å². The molecule has 0 bridgehead atoms. The number of carboxylic acids is 1. The molecule has 4 heteroatoms. The molecule has 3 N–H and O–H groups in total. The van der Waals surface area contributed by atoms with Crippen molar-refractivity contribution in [2.24, 2.45) is 5.41 Å². The number of carbonyl (C=O) groups is 1. The summed E-state index contributed by atoms with van der Waals surface area (Å²) < 4.78 is 0. The van der Waals surface area contributed by atoms with Gasteiger partial charge in [-0.05, 0) is 31.6 Å². The van der Waals surface area contributed by atoms with Crippen LogP contribution in [0.3, 0.4) is 0 Å². The number of rotatable bonds is 6. The minimum Gasteiger partial charge on any atom is -0.479 e. The third kappa shape index (κ3) is 2.69. The van der Waals surface area contributed by atoms with Crippen LogP contribution in [0.5, 0.6) is 0 Å². The van der Waals surface area contributed by atoms with Crippen molar-refractivity contribution in [2.75, 3.05) is 13.1 Å². The molecule has 0 heterocycles. The van der Waals surface area contributed by atoms with Gasteiger partial charge in [0.15, 0.2) is 5.60 Å². The first kappa shape index (κ1) is 11.5. The van der Waals surface area contributed by atoms with E-state index in [9.17, 15) is 9.90 Å². The van der Waals surface area contributed by atoms with E-state index in [1.54, 1.807) is 0 Å². The summed E-state index contributed by atoms with van der Waals surface area (Å²) >= 11 is 0. The number of nitrogens with one attached hydrogen (secondary N) is 1. The molecule has 1 fully saturated rings. The molecule has 4 nitrogen and oxygen atoms in total. The Hall–Kier alpha value is -0.610. The van der Waals surface area contributed by atoms with E-state index >= 15 is 0 Å². The average Bonchev–Trinajstić information content (AvgIpc) is 2.85. The highest BCUT2D eigenvalue weighted by Crippen LogP contribution is 2.47. The van der Waals surface area contributed by atoms with Crippen molar-refractivity contribution in [2.45, 2.75) is 38.7 Å². The monoisotopic (exact) mass is 201 g/mol. The summed E-state index contributed by atoms with van der Waals surface area (Å²) in [5.41, 5.74) is -1.27. The van der Waals surface area contributed by atoms with Gasteiger partial charge in [-0.15, -0.1) is 0 Å². The normalized spacial score (nSPS) is 22.8. The van der Waals surface area contributed by atoms with Gasteiger partial charge in [-0.2, -0.15) is 0 Å². The van der Waals surface area contributed by atoms with Crippen molar-refractivity contribution in [3.8, 4) is 0 Å². The van der Waals surface area contributed by atoms with Gasteiger partial charge < -0.3 is 15.5 Å². The highest BCUT2D eigenvalue weighted by atomic mass is 16.4. The summed E-state index contributed by atoms with van der Waals surface area (Å²) in [6, 6.07) is 0. The molecule has 0 saturated heterocycles. The molecule has 0 spiro atoms. The van der Waals surface area contributed by atoms with Crippen LogP contribution >= 0.6 is 0 Å². The zero-order valence-electron chi connectivity index (χ0n) is 8.84. The molecule has 0 radical (unpaired) electrons. The van der Waals surface area contributed by atoms with Crippen molar-refractivity contribution >= 4 is 5.97 Å². The SMILES string of the molecule is CCC1(CNCC(C)(O)C(=O)O)CC1. The molecular formula is C10H19NO3. The summed E-state index contributed by atoms with van der Waals surface area (Å²) in [6.45, 7) is 4.38. The Bertz CT molecular complexity index is 221. The van der Waals surface area contributed by atoms with Gasteiger partial charge in [0.2, 0.25) is 0 Å². The molecule has 1 rings (SSSR count). The van der Waals surface area contributed by atoms with E-state index in [4.69, 9.17) is 5.11 Å². The molecule has 0 aromatic heterocycles. The molecule has 1 aliphatic rings. The van der Waals surface area contributed by atoms with E-state index in [-0.39, 0.29) is 6.54 Å². The van der Waals surface area contributed by atoms with Gasteiger partial charge in [0.25, 0.3) is 0 Å². The first-order chi connectivity index (χ1) is 6.42. The summed E-state index contributed by atoms with van der Waals surface area (Å²) in [5, 5.41) is 21.1. The Morgan fingerprint density at radius 2 is 2.14 bits per heavy atom. The molecular weight excluding hydrogens is 182 g/mol. The van der Waals surface area contributed by atoms with Crippen LogP contribution in [0.4, 0.5) is 0 Å². The molecule has 1 aliphatic carbocycles. The van der Waals surface area contributed by atoms with Gasteiger partial charge in [-0.1, -0.05) is 6.92 Å². The number of aliphatic hydroxyl groups is 1. The topological polar surface area (TPSA) is 69.6 Å². The van der Waals surface area contributed by atoms with E-state index in [1.165, 1.54) is 19.8 Å². The van der Waals surface area contributed by atoms with Crippen molar-refractivity contribution < 1.29 is 15.0 Å². The fraction of sp³-hybridized carbons (Fsp3) is 0.900. The van der Waals surface area contributed by atoms with E-state index in [0.717, 1.165) is 13.0 Å². The maximum atomic E-state index is 10.6. The lowest BCUT2D eigenvalue weighted by atomic mass is 10.0. The molecule has 14 heavy (non-hydrogen) atoms. The van der Waals surface area contributed by atoms with E-state index in [1.807, 2.05) is 0 Å². The zero-order chi connectivity index (χ0) is 10.8. The second-order valence-electron chi connectivity index (χ2n) is 4.54. The Morgan fingerprint density at radius 3 is 2.50 bits per heavy atom.